The maximum absolute atomic E-state index is 13.4. The lowest BCUT2D eigenvalue weighted by molar-refractivity contribution is -0.761. The fraction of sp³-hybridized carbons (Fsp3) is 0.348. The van der Waals surface area contributed by atoms with Crippen LogP contribution in [-0.2, 0) is 14.9 Å². The number of carbonyl (C=O) groups excluding carboxylic acids is 1. The number of rotatable bonds is 7. The summed E-state index contributed by atoms with van der Waals surface area (Å²) in [6, 6.07) is 16.3. The number of β-lactam (4-membered cyclic amide) rings is 1. The first-order chi connectivity index (χ1) is 15.8. The number of thiocarbonyl (C=S) groups is 1. The van der Waals surface area contributed by atoms with Crippen LogP contribution < -0.4 is 9.32 Å². The van der Waals surface area contributed by atoms with Gasteiger partial charge in [-0.25, -0.2) is 9.63 Å². The van der Waals surface area contributed by atoms with Crippen LogP contribution in [0, 0.1) is 0 Å². The molecule has 2 bridgehead atoms. The Hall–Kier alpha value is -2.66. The second kappa shape index (κ2) is 7.98. The molecule has 4 atom stereocenters. The van der Waals surface area contributed by atoms with E-state index in [4.69, 9.17) is 21.6 Å². The molecule has 2 aromatic carbocycles. The minimum absolute atomic E-state index is 0.0391. The first-order valence-electron chi connectivity index (χ1n) is 10.9. The summed E-state index contributed by atoms with van der Waals surface area (Å²) in [6.07, 6.45) is 2.67. The Morgan fingerprint density at radius 3 is 2.58 bits per heavy atom. The Bertz CT molecular complexity index is 1260. The Morgan fingerprint density at radius 1 is 1.18 bits per heavy atom. The molecule has 3 fully saturated rings. The molecule has 4 heterocycles. The van der Waals surface area contributed by atoms with Gasteiger partial charge in [0.1, 0.15) is 5.69 Å². The van der Waals surface area contributed by atoms with Crippen molar-refractivity contribution in [3.63, 3.8) is 0 Å². The first kappa shape index (κ1) is 22.1. The van der Waals surface area contributed by atoms with Gasteiger partial charge in [-0.2, -0.15) is 12.9 Å². The third kappa shape index (κ3) is 3.31. The minimum atomic E-state index is -4.05. The van der Waals surface area contributed by atoms with E-state index in [9.17, 15) is 13.2 Å². The molecule has 2 aromatic rings. The number of nitrogens with zero attached hydrogens (tertiary/aromatic N) is 3. The molecule has 33 heavy (non-hydrogen) atoms. The summed E-state index contributed by atoms with van der Waals surface area (Å²) in [5, 5.41) is 0.583. The number of quaternary nitrogens is 1. The second-order valence-corrected chi connectivity index (χ2v) is 10.4. The molecule has 4 aliphatic heterocycles. The third-order valence-corrected chi connectivity index (χ3v) is 8.05. The highest BCUT2D eigenvalue weighted by Gasteiger charge is 2.79. The van der Waals surface area contributed by atoms with Crippen LogP contribution in [0.25, 0.3) is 0 Å². The molecule has 1 amide bonds. The molecule has 0 aliphatic carbocycles. The fourth-order valence-electron chi connectivity index (χ4n) is 5.26. The van der Waals surface area contributed by atoms with Gasteiger partial charge in [0.15, 0.2) is 0 Å². The number of amides is 1. The number of para-hydroxylation sites is 2. The number of hydroxylamine groups is 1. The van der Waals surface area contributed by atoms with Crippen molar-refractivity contribution in [2.45, 2.75) is 37.9 Å². The lowest BCUT2D eigenvalue weighted by Crippen LogP contribution is -2.75. The molecule has 0 spiro atoms. The van der Waals surface area contributed by atoms with Crippen LogP contribution in [-0.4, -0.2) is 64.2 Å². The highest BCUT2D eigenvalue weighted by atomic mass is 32.2. The molecule has 1 N–H and O–H groups in total. The molecule has 172 valence electrons. The Labute approximate surface area is 198 Å². The second-order valence-electron chi connectivity index (χ2n) is 8.48. The SMILES string of the molecule is CCN1C(=S)[N+]2(c3ccccc3)C(=O)C1C2C=[N+]1Oc2ccccc2C1CCCS(=O)(=O)O. The molecule has 4 unspecified atom stereocenters. The van der Waals surface area contributed by atoms with Crippen LogP contribution in [0.15, 0.2) is 54.6 Å². The summed E-state index contributed by atoms with van der Waals surface area (Å²) in [4.78, 5) is 21.5. The van der Waals surface area contributed by atoms with E-state index in [-0.39, 0.29) is 40.7 Å². The van der Waals surface area contributed by atoms with Gasteiger partial charge in [0.25, 0.3) is 21.4 Å². The van der Waals surface area contributed by atoms with E-state index in [0.717, 1.165) is 11.3 Å². The van der Waals surface area contributed by atoms with Gasteiger partial charge < -0.3 is 0 Å². The zero-order valence-corrected chi connectivity index (χ0v) is 19.7. The Kier molecular flexibility index (Phi) is 5.36. The van der Waals surface area contributed by atoms with Crippen molar-refractivity contribution >= 4 is 45.3 Å². The van der Waals surface area contributed by atoms with E-state index in [1.165, 1.54) is 0 Å². The predicted octanol–water partition coefficient (Wildman–Crippen LogP) is 2.69. The zero-order valence-electron chi connectivity index (χ0n) is 18.1. The van der Waals surface area contributed by atoms with Crippen molar-refractivity contribution in [3.05, 3.63) is 60.2 Å². The quantitative estimate of drug-likeness (QED) is 0.211. The van der Waals surface area contributed by atoms with E-state index < -0.39 is 10.1 Å². The summed E-state index contributed by atoms with van der Waals surface area (Å²) in [7, 11) is -4.05. The van der Waals surface area contributed by atoms with Gasteiger partial charge >= 0.3 is 5.91 Å². The van der Waals surface area contributed by atoms with Crippen LogP contribution in [0.5, 0.6) is 5.75 Å². The van der Waals surface area contributed by atoms with Crippen molar-refractivity contribution in [1.29, 1.82) is 0 Å². The smallest absolute Gasteiger partial charge is 0.296 e. The van der Waals surface area contributed by atoms with Crippen molar-refractivity contribution < 1.29 is 27.3 Å². The van der Waals surface area contributed by atoms with E-state index in [0.29, 0.717) is 23.8 Å². The maximum Gasteiger partial charge on any atom is 0.356 e. The monoisotopic (exact) mass is 487 g/mol. The highest BCUT2D eigenvalue weighted by Crippen LogP contribution is 2.48. The molecule has 10 heteroatoms. The summed E-state index contributed by atoms with van der Waals surface area (Å²) >= 11 is 5.81. The third-order valence-electron chi connectivity index (χ3n) is 6.73. The van der Waals surface area contributed by atoms with E-state index >= 15 is 0 Å². The number of likely N-dealkylation sites (N-methyl/N-ethyl adjacent to an activating group) is 1. The van der Waals surface area contributed by atoms with Gasteiger partial charge in [0, 0.05) is 37.3 Å². The normalized spacial score (nSPS) is 29.2. The topological polar surface area (TPSA) is 86.9 Å². The number of fused-ring (bicyclic) bond motifs is 2. The molecular weight excluding hydrogens is 462 g/mol. The van der Waals surface area contributed by atoms with Crippen molar-refractivity contribution in [1.82, 2.24) is 9.38 Å². The van der Waals surface area contributed by atoms with E-state index in [1.54, 1.807) is 4.74 Å². The molecule has 0 aromatic heterocycles. The summed E-state index contributed by atoms with van der Waals surface area (Å²) in [5.41, 5.74) is 1.76. The van der Waals surface area contributed by atoms with Crippen LogP contribution in [0.3, 0.4) is 0 Å². The standard InChI is InChI=1S/C23H24N3O5S2/c1-2-24-21-19(26(22(21)27,23(24)32)16-9-4-3-5-10-16)15-25-18(12-8-14-33(28,29)30)17-11-6-7-13-20(17)31-25/h3-7,9-11,13,15,18-19,21H,2,8,12,14H2,1H3/q+1/p+1. The van der Waals surface area contributed by atoms with Gasteiger partial charge in [-0.1, -0.05) is 30.3 Å². The van der Waals surface area contributed by atoms with Crippen LogP contribution >= 0.6 is 12.2 Å². The van der Waals surface area contributed by atoms with Gasteiger partial charge in [0.05, 0.1) is 11.3 Å². The van der Waals surface area contributed by atoms with Gasteiger partial charge in [-0.3, -0.25) is 9.45 Å². The van der Waals surface area contributed by atoms with E-state index in [2.05, 4.69) is 0 Å². The molecule has 8 nitrogen and oxygen atoms in total. The van der Waals surface area contributed by atoms with Crippen molar-refractivity contribution in [2.75, 3.05) is 12.3 Å². The minimum Gasteiger partial charge on any atom is -0.296 e. The summed E-state index contributed by atoms with van der Waals surface area (Å²) in [5.74, 6) is 0.426. The summed E-state index contributed by atoms with van der Waals surface area (Å²) < 4.78 is 33.3. The first-order valence-corrected chi connectivity index (χ1v) is 13.0. The summed E-state index contributed by atoms with van der Waals surface area (Å²) in [6.45, 7) is 2.62. The van der Waals surface area contributed by atoms with Crippen molar-refractivity contribution in [3.8, 4) is 5.75 Å². The molecular formula is C23H25N3O5S2+2. The molecule has 0 radical (unpaired) electrons. The zero-order chi connectivity index (χ0) is 23.4. The van der Waals surface area contributed by atoms with Gasteiger partial charge in [-0.05, 0) is 30.2 Å². The molecule has 3 saturated heterocycles. The number of benzene rings is 2. The lowest BCUT2D eigenvalue weighted by atomic mass is 9.93. The van der Waals surface area contributed by atoms with Crippen LogP contribution in [0.1, 0.15) is 31.4 Å². The molecule has 6 rings (SSSR count). The fourth-order valence-corrected chi connectivity index (χ4v) is 6.35. The largest absolute Gasteiger partial charge is 0.356 e. The predicted molar refractivity (Wildman–Crippen MR) is 128 cm³/mol. The Balaban J connectivity index is 1.54. The van der Waals surface area contributed by atoms with Gasteiger partial charge in [0.2, 0.25) is 23.9 Å². The molecule has 4 aliphatic rings. The van der Waals surface area contributed by atoms with Crippen LogP contribution in [0.4, 0.5) is 5.69 Å². The molecule has 0 saturated carbocycles. The maximum atomic E-state index is 13.4. The Morgan fingerprint density at radius 2 is 1.88 bits per heavy atom. The number of hydrogen-bond acceptors (Lipinski definition) is 5. The average molecular weight is 488 g/mol. The number of carbonyl (C=O) groups is 1. The average Bonchev–Trinajstić information content (AvgIpc) is 3.35. The van der Waals surface area contributed by atoms with Crippen molar-refractivity contribution in [2.24, 2.45) is 0 Å². The lowest BCUT2D eigenvalue weighted by Gasteiger charge is -2.39. The van der Waals surface area contributed by atoms with E-state index in [1.807, 2.05) is 72.6 Å². The highest BCUT2D eigenvalue weighted by molar-refractivity contribution is 7.85. The number of hydrogen-bond donors (Lipinski definition) is 1. The van der Waals surface area contributed by atoms with Crippen LogP contribution in [0.2, 0.25) is 0 Å². The van der Waals surface area contributed by atoms with Gasteiger partial charge in [-0.15, -0.1) is 0 Å².